The normalized spacial score (nSPS) is 11.1. The van der Waals surface area contributed by atoms with Gasteiger partial charge in [0.2, 0.25) is 0 Å². The Labute approximate surface area is 101 Å². The first-order valence-corrected chi connectivity index (χ1v) is 3.33. The summed E-state index contributed by atoms with van der Waals surface area (Å²) in [6, 6.07) is -1.37. The number of carboxylic acid groups (broad SMARTS) is 3. The van der Waals surface area contributed by atoms with Crippen molar-refractivity contribution in [1.82, 2.24) is 5.32 Å². The zero-order chi connectivity index (χ0) is 10.4. The van der Waals surface area contributed by atoms with Crippen LogP contribution in [0, 0.1) is 0 Å². The zero-order valence-corrected chi connectivity index (χ0v) is 6.56. The Morgan fingerprint density at radius 3 is 1.86 bits per heavy atom. The molecule has 0 rings (SSSR count). The van der Waals surface area contributed by atoms with E-state index in [0.29, 0.717) is 0 Å². The molecule has 1 atom stereocenters. The summed E-state index contributed by atoms with van der Waals surface area (Å²) in [7, 11) is 0. The van der Waals surface area contributed by atoms with Crippen molar-refractivity contribution in [2.75, 3.05) is 6.54 Å². The van der Waals surface area contributed by atoms with Gasteiger partial charge >= 0.3 is 47.5 Å². The maximum atomic E-state index is 10.3. The van der Waals surface area contributed by atoms with Gasteiger partial charge in [0.1, 0.15) is 6.04 Å². The van der Waals surface area contributed by atoms with Gasteiger partial charge in [0.15, 0.2) is 0 Å². The van der Waals surface area contributed by atoms with E-state index in [0.717, 1.165) is 0 Å². The van der Waals surface area contributed by atoms with Crippen molar-refractivity contribution in [2.24, 2.45) is 0 Å². The van der Waals surface area contributed by atoms with E-state index < -0.39 is 36.9 Å². The summed E-state index contributed by atoms with van der Waals surface area (Å²) in [5.74, 6) is -3.93. The second kappa shape index (κ2) is 7.74. The van der Waals surface area contributed by atoms with Gasteiger partial charge in [0.05, 0.1) is 13.0 Å². The third-order valence-electron chi connectivity index (χ3n) is 1.18. The molecule has 0 saturated heterocycles. The Morgan fingerprint density at radius 2 is 1.57 bits per heavy atom. The topological polar surface area (TPSA) is 124 Å². The predicted molar refractivity (Wildman–Crippen MR) is 46.5 cm³/mol. The fourth-order valence-electron chi connectivity index (χ4n) is 0.632. The van der Waals surface area contributed by atoms with E-state index >= 15 is 0 Å². The van der Waals surface area contributed by atoms with E-state index in [4.69, 9.17) is 15.3 Å². The Balaban J connectivity index is 0. The number of carbonyl (C=O) groups is 3. The summed E-state index contributed by atoms with van der Waals surface area (Å²) in [5.41, 5.74) is 0. The first kappa shape index (κ1) is 15.8. The molecule has 0 spiro atoms. The molecule has 0 aliphatic carbocycles. The average molecular weight is 215 g/mol. The molecular weight excluding hydrogens is 205 g/mol. The van der Waals surface area contributed by atoms with Gasteiger partial charge in [-0.1, -0.05) is 0 Å². The molecule has 0 heterocycles. The summed E-state index contributed by atoms with van der Waals surface area (Å²) in [6.45, 7) is -0.579. The van der Waals surface area contributed by atoms with Crippen molar-refractivity contribution in [3.05, 3.63) is 0 Å². The third kappa shape index (κ3) is 7.99. The van der Waals surface area contributed by atoms with Crippen molar-refractivity contribution in [1.29, 1.82) is 0 Å². The second-order valence-corrected chi connectivity index (χ2v) is 2.26. The fraction of sp³-hybridized carbons (Fsp3) is 0.500. The van der Waals surface area contributed by atoms with Crippen molar-refractivity contribution >= 4 is 47.5 Å². The van der Waals surface area contributed by atoms with Crippen molar-refractivity contribution < 1.29 is 29.7 Å². The minimum atomic E-state index is -1.39. The number of rotatable bonds is 6. The second-order valence-electron chi connectivity index (χ2n) is 2.26. The molecule has 0 radical (unpaired) electrons. The molecule has 0 aromatic rings. The monoisotopic (exact) mass is 215 g/mol. The first-order chi connectivity index (χ1) is 5.93. The van der Waals surface area contributed by atoms with Gasteiger partial charge in [0, 0.05) is 0 Å². The Bertz CT molecular complexity index is 230. The van der Waals surface area contributed by atoms with Gasteiger partial charge in [-0.15, -0.1) is 0 Å². The van der Waals surface area contributed by atoms with Gasteiger partial charge in [-0.3, -0.25) is 19.7 Å². The van der Waals surface area contributed by atoms with Crippen LogP contribution in [0.1, 0.15) is 6.42 Å². The van der Waals surface area contributed by atoms with Gasteiger partial charge in [-0.25, -0.2) is 0 Å². The van der Waals surface area contributed by atoms with Crippen LogP contribution in [-0.2, 0) is 14.4 Å². The molecule has 4 N–H and O–H groups in total. The summed E-state index contributed by atoms with van der Waals surface area (Å²) < 4.78 is 0. The standard InChI is InChI=1S/C6H9NO6.Na.H/c8-4(9)1-3(6(12)13)7-2-5(10)11;;/h3,7H,1-2H2,(H,8,9)(H,10,11)(H,12,13);;. The summed E-state index contributed by atoms with van der Waals surface area (Å²) in [5, 5.41) is 26.9. The summed E-state index contributed by atoms with van der Waals surface area (Å²) in [4.78, 5) is 30.4. The Kier molecular flexibility index (Phi) is 8.75. The molecular formula is C6H10NNaO6. The molecule has 7 nitrogen and oxygen atoms in total. The number of hydrogen-bond donors (Lipinski definition) is 4. The van der Waals surface area contributed by atoms with Gasteiger partial charge < -0.3 is 15.3 Å². The molecule has 0 aliphatic rings. The minimum absolute atomic E-state index is 0. The van der Waals surface area contributed by atoms with Gasteiger partial charge in [0.25, 0.3) is 0 Å². The molecule has 14 heavy (non-hydrogen) atoms. The van der Waals surface area contributed by atoms with Crippen LogP contribution in [0.5, 0.6) is 0 Å². The number of nitrogens with one attached hydrogen (secondary N) is 1. The average Bonchev–Trinajstić information content (AvgIpc) is 1.96. The van der Waals surface area contributed by atoms with E-state index in [1.54, 1.807) is 0 Å². The molecule has 0 aliphatic heterocycles. The summed E-state index contributed by atoms with van der Waals surface area (Å²) >= 11 is 0. The molecule has 0 saturated carbocycles. The van der Waals surface area contributed by atoms with E-state index in [1.807, 2.05) is 0 Å². The SMILES string of the molecule is O=C(O)CNC(CC(=O)O)C(=O)O.[NaH]. The number of carboxylic acids is 3. The van der Waals surface area contributed by atoms with Gasteiger partial charge in [-0.05, 0) is 0 Å². The maximum absolute atomic E-state index is 10.3. The van der Waals surface area contributed by atoms with E-state index in [9.17, 15) is 14.4 Å². The van der Waals surface area contributed by atoms with Crippen LogP contribution in [0.2, 0.25) is 0 Å². The van der Waals surface area contributed by atoms with Gasteiger partial charge in [-0.2, -0.15) is 0 Å². The van der Waals surface area contributed by atoms with Crippen molar-refractivity contribution in [3.63, 3.8) is 0 Å². The van der Waals surface area contributed by atoms with Crippen LogP contribution in [0.3, 0.4) is 0 Å². The molecule has 76 valence electrons. The molecule has 8 heteroatoms. The Morgan fingerprint density at radius 1 is 1.07 bits per heavy atom. The van der Waals surface area contributed by atoms with Crippen LogP contribution in [0.25, 0.3) is 0 Å². The van der Waals surface area contributed by atoms with Crippen LogP contribution in [0.4, 0.5) is 0 Å². The summed E-state index contributed by atoms with van der Waals surface area (Å²) in [6.07, 6.45) is -0.650. The molecule has 0 bridgehead atoms. The molecule has 0 fully saturated rings. The quantitative estimate of drug-likeness (QED) is 0.375. The first-order valence-electron chi connectivity index (χ1n) is 3.33. The molecule has 0 aromatic carbocycles. The van der Waals surface area contributed by atoms with Crippen LogP contribution in [-0.4, -0.2) is 75.4 Å². The fourth-order valence-corrected chi connectivity index (χ4v) is 0.632. The zero-order valence-electron chi connectivity index (χ0n) is 6.56. The molecule has 1 unspecified atom stereocenters. The third-order valence-corrected chi connectivity index (χ3v) is 1.18. The number of hydrogen-bond acceptors (Lipinski definition) is 4. The predicted octanol–water partition coefficient (Wildman–Crippen LogP) is -2.06. The number of aliphatic carboxylic acids is 3. The van der Waals surface area contributed by atoms with E-state index in [-0.39, 0.29) is 29.6 Å². The van der Waals surface area contributed by atoms with Crippen LogP contribution >= 0.6 is 0 Å². The van der Waals surface area contributed by atoms with E-state index in [1.165, 1.54) is 0 Å². The van der Waals surface area contributed by atoms with Crippen molar-refractivity contribution in [3.8, 4) is 0 Å². The van der Waals surface area contributed by atoms with Crippen molar-refractivity contribution in [2.45, 2.75) is 12.5 Å². The molecule has 0 amide bonds. The molecule has 0 aromatic heterocycles. The Hall–Kier alpha value is -0.630. The van der Waals surface area contributed by atoms with Crippen LogP contribution in [0.15, 0.2) is 0 Å². The van der Waals surface area contributed by atoms with Crippen LogP contribution < -0.4 is 5.32 Å². The van der Waals surface area contributed by atoms with E-state index in [2.05, 4.69) is 5.32 Å².